The number of ether oxygens (including phenoxy) is 2. The van der Waals surface area contributed by atoms with Crippen molar-refractivity contribution in [1.29, 1.82) is 0 Å². The fourth-order valence-electron chi connectivity index (χ4n) is 7.55. The highest BCUT2D eigenvalue weighted by Crippen LogP contribution is 2.38. The Bertz CT molecular complexity index is 1930. The molecule has 0 aliphatic carbocycles. The van der Waals surface area contributed by atoms with Crippen molar-refractivity contribution in [1.82, 2.24) is 39.4 Å². The maximum absolute atomic E-state index is 14.9. The molecule has 244 valence electrons. The van der Waals surface area contributed by atoms with Crippen LogP contribution in [-0.2, 0) is 27.4 Å². The largest absolute Gasteiger partial charge is 0.378 e. The maximum atomic E-state index is 14.9. The number of likely N-dealkylation sites (N-methyl/N-ethyl adjacent to an activating group) is 1. The summed E-state index contributed by atoms with van der Waals surface area (Å²) in [6.45, 7) is 8.93. The summed E-state index contributed by atoms with van der Waals surface area (Å²) in [7, 11) is 3.49. The summed E-state index contributed by atoms with van der Waals surface area (Å²) in [6.07, 6.45) is 3.84. The van der Waals surface area contributed by atoms with Gasteiger partial charge in [-0.3, -0.25) is 14.4 Å². The zero-order chi connectivity index (χ0) is 32.4. The number of pyridine rings is 1. The first-order valence-corrected chi connectivity index (χ1v) is 16.0. The summed E-state index contributed by atoms with van der Waals surface area (Å²) in [5, 5.41) is 11.9. The topological polar surface area (TPSA) is 115 Å². The highest BCUT2D eigenvalue weighted by Gasteiger charge is 2.44. The minimum absolute atomic E-state index is 0.00579. The van der Waals surface area contributed by atoms with Crippen molar-refractivity contribution in [2.24, 2.45) is 0 Å². The average molecular weight is 640 g/mol. The predicted molar refractivity (Wildman–Crippen MR) is 175 cm³/mol. The van der Waals surface area contributed by atoms with Crippen molar-refractivity contribution >= 4 is 28.3 Å². The van der Waals surface area contributed by atoms with Crippen LogP contribution in [0.5, 0.6) is 0 Å². The molecule has 4 aliphatic heterocycles. The first-order chi connectivity index (χ1) is 22.8. The number of benzene rings is 1. The van der Waals surface area contributed by atoms with Crippen molar-refractivity contribution in [3.63, 3.8) is 0 Å². The molecule has 4 bridgehead atoms. The smallest absolute Gasteiger partial charge is 0.239 e. The minimum atomic E-state index is -0.431. The number of carbonyl (C=O) groups is 1. The predicted octanol–water partition coefficient (Wildman–Crippen LogP) is 3.31. The van der Waals surface area contributed by atoms with E-state index in [0.29, 0.717) is 68.4 Å². The summed E-state index contributed by atoms with van der Waals surface area (Å²) in [6, 6.07) is 8.17. The monoisotopic (exact) mass is 639 g/mol. The van der Waals surface area contributed by atoms with Crippen LogP contribution in [0.3, 0.4) is 0 Å². The molecule has 1 saturated heterocycles. The summed E-state index contributed by atoms with van der Waals surface area (Å²) >= 11 is 0. The molecule has 1 aromatic carbocycles. The molecule has 0 saturated carbocycles. The molecule has 13 heteroatoms. The van der Waals surface area contributed by atoms with E-state index in [1.54, 1.807) is 12.0 Å². The van der Waals surface area contributed by atoms with Crippen LogP contribution in [0, 0.1) is 12.7 Å². The van der Waals surface area contributed by atoms with Gasteiger partial charge in [0.1, 0.15) is 23.6 Å². The number of fused-ring (bicyclic) bond motifs is 5. The third kappa shape index (κ3) is 5.18. The Morgan fingerprint density at radius 1 is 1.15 bits per heavy atom. The Morgan fingerprint density at radius 3 is 2.87 bits per heavy atom. The van der Waals surface area contributed by atoms with E-state index < -0.39 is 6.04 Å². The molecule has 1 fully saturated rings. The van der Waals surface area contributed by atoms with Gasteiger partial charge < -0.3 is 29.6 Å². The van der Waals surface area contributed by atoms with Gasteiger partial charge in [0.25, 0.3) is 0 Å². The van der Waals surface area contributed by atoms with Crippen LogP contribution < -0.4 is 10.6 Å². The number of nitrogens with one attached hydrogen (secondary N) is 2. The lowest BCUT2D eigenvalue weighted by Crippen LogP contribution is -2.50. The fraction of sp³-hybridized carbons (Fsp3) is 0.412. The molecule has 2 N–H and O–H groups in total. The first kappa shape index (κ1) is 29.8. The second-order valence-corrected chi connectivity index (χ2v) is 13.0. The summed E-state index contributed by atoms with van der Waals surface area (Å²) in [4.78, 5) is 28.0. The van der Waals surface area contributed by atoms with Gasteiger partial charge >= 0.3 is 0 Å². The molecule has 8 rings (SSSR count). The van der Waals surface area contributed by atoms with Crippen molar-refractivity contribution in [3.05, 3.63) is 77.8 Å². The number of methoxy groups -OCH3 is 1. The van der Waals surface area contributed by atoms with Crippen LogP contribution in [0.2, 0.25) is 0 Å². The van der Waals surface area contributed by atoms with E-state index in [2.05, 4.69) is 27.1 Å². The molecule has 7 heterocycles. The van der Waals surface area contributed by atoms with Crippen LogP contribution in [-0.4, -0.2) is 98.7 Å². The standard InChI is InChI=1S/C34H38FN9O3/c1-19-13-44-31-21(18-47-17-19)11-36-33(26(31)12-37-44)43-14-23-10-29(43)34(45)41(3)15-24(46-4)16-42-20(2)38-28-9-22(35)8-25(32(28)42)27-6-5-7-30(39-23)40-27/h5-9,11-12,23-24,29,33,36H,1,10,13-18H2,2-4H3,(H,39,40). The van der Waals surface area contributed by atoms with Crippen molar-refractivity contribution in [3.8, 4) is 11.3 Å². The second-order valence-electron chi connectivity index (χ2n) is 13.0. The van der Waals surface area contributed by atoms with E-state index in [1.165, 1.54) is 12.1 Å². The van der Waals surface area contributed by atoms with E-state index in [9.17, 15) is 9.18 Å². The van der Waals surface area contributed by atoms with E-state index in [0.717, 1.165) is 33.7 Å². The van der Waals surface area contributed by atoms with Gasteiger partial charge in [-0.2, -0.15) is 5.10 Å². The molecule has 1 amide bonds. The number of hydrogen-bond acceptors (Lipinski definition) is 9. The Morgan fingerprint density at radius 2 is 2.02 bits per heavy atom. The van der Waals surface area contributed by atoms with Gasteiger partial charge in [0.15, 0.2) is 0 Å². The van der Waals surface area contributed by atoms with Crippen LogP contribution in [0.25, 0.3) is 27.9 Å². The minimum Gasteiger partial charge on any atom is -0.378 e. The Kier molecular flexibility index (Phi) is 7.34. The highest BCUT2D eigenvalue weighted by atomic mass is 19.1. The second kappa shape index (κ2) is 11.6. The lowest BCUT2D eigenvalue weighted by Gasteiger charge is -2.37. The van der Waals surface area contributed by atoms with Crippen LogP contribution in [0.1, 0.15) is 29.7 Å². The van der Waals surface area contributed by atoms with Crippen molar-refractivity contribution in [2.75, 3.05) is 45.8 Å². The van der Waals surface area contributed by atoms with E-state index in [-0.39, 0.29) is 30.0 Å². The van der Waals surface area contributed by atoms with Crippen molar-refractivity contribution in [2.45, 2.75) is 50.8 Å². The summed E-state index contributed by atoms with van der Waals surface area (Å²) in [5.74, 6) is 1.02. The van der Waals surface area contributed by atoms with E-state index >= 15 is 0 Å². The van der Waals surface area contributed by atoms with Gasteiger partial charge in [-0.15, -0.1) is 0 Å². The Labute approximate surface area is 271 Å². The lowest BCUT2D eigenvalue weighted by molar-refractivity contribution is -0.137. The average Bonchev–Trinajstić information content (AvgIpc) is 3.74. The number of amides is 1. The van der Waals surface area contributed by atoms with Crippen LogP contribution in [0.4, 0.5) is 10.2 Å². The molecular weight excluding hydrogens is 601 g/mol. The molecule has 4 aromatic rings. The van der Waals surface area contributed by atoms with Crippen molar-refractivity contribution < 1.29 is 18.7 Å². The molecule has 47 heavy (non-hydrogen) atoms. The number of aromatic nitrogens is 5. The number of imidazole rings is 1. The third-order valence-electron chi connectivity index (χ3n) is 9.72. The number of anilines is 1. The summed E-state index contributed by atoms with van der Waals surface area (Å²) < 4.78 is 30.8. The van der Waals surface area contributed by atoms with Gasteiger partial charge in [0.2, 0.25) is 5.91 Å². The molecular formula is C34H38FN9O3. The number of carbonyl (C=O) groups excluding carboxylic acids is 1. The fourth-order valence-corrected chi connectivity index (χ4v) is 7.55. The number of halogens is 1. The number of nitrogens with zero attached hydrogens (tertiary/aromatic N) is 7. The third-order valence-corrected chi connectivity index (χ3v) is 9.72. The highest BCUT2D eigenvalue weighted by molar-refractivity contribution is 5.92. The SMILES string of the molecule is C=C1COCC2=CNC(N3CC4CC3C(=O)N(C)CC(OC)Cn3c(C)nc5cc(F)cc(c53)-c3cccc(n3)N4)c3cnn(c32)C1. The quantitative estimate of drug-likeness (QED) is 0.319. The molecule has 4 aliphatic rings. The normalized spacial score (nSPS) is 24.9. The maximum Gasteiger partial charge on any atom is 0.239 e. The van der Waals surface area contributed by atoms with Crippen LogP contribution >= 0.6 is 0 Å². The van der Waals surface area contributed by atoms with Gasteiger partial charge in [0, 0.05) is 62.3 Å². The molecule has 12 nitrogen and oxygen atoms in total. The molecule has 3 aromatic heterocycles. The lowest BCUT2D eigenvalue weighted by atomic mass is 10.0. The number of hydrogen-bond donors (Lipinski definition) is 2. The molecule has 4 atom stereocenters. The van der Waals surface area contributed by atoms with Gasteiger partial charge in [-0.25, -0.2) is 14.4 Å². The molecule has 4 unspecified atom stereocenters. The first-order valence-electron chi connectivity index (χ1n) is 16.0. The van der Waals surface area contributed by atoms with Gasteiger partial charge in [-0.1, -0.05) is 12.6 Å². The van der Waals surface area contributed by atoms with E-state index in [4.69, 9.17) is 19.6 Å². The van der Waals surface area contributed by atoms with E-state index in [1.807, 2.05) is 53.8 Å². The summed E-state index contributed by atoms with van der Waals surface area (Å²) in [5.41, 5.74) is 6.62. The Balaban J connectivity index is 1.20. The number of likely N-dealkylation sites (tertiary alicyclic amines) is 1. The molecule has 0 spiro atoms. The number of rotatable bonds is 2. The zero-order valence-electron chi connectivity index (χ0n) is 26.7. The number of aryl methyl sites for hydroxylation is 1. The molecule has 0 radical (unpaired) electrons. The van der Waals surface area contributed by atoms with Crippen LogP contribution in [0.15, 0.2) is 54.9 Å². The van der Waals surface area contributed by atoms with Gasteiger partial charge in [-0.05, 0) is 37.1 Å². The van der Waals surface area contributed by atoms with Gasteiger partial charge in [0.05, 0.1) is 67.1 Å². The Hall–Kier alpha value is -4.59. The zero-order valence-corrected chi connectivity index (χ0v) is 26.7.